The van der Waals surface area contributed by atoms with E-state index in [-0.39, 0.29) is 17.9 Å². The van der Waals surface area contributed by atoms with Crippen LogP contribution in [0, 0.1) is 0 Å². The Kier molecular flexibility index (Phi) is 7.88. The van der Waals surface area contributed by atoms with Crippen molar-refractivity contribution in [3.05, 3.63) is 53.0 Å². The molecule has 38 heavy (non-hydrogen) atoms. The Morgan fingerprint density at radius 1 is 1.13 bits per heavy atom. The van der Waals surface area contributed by atoms with Gasteiger partial charge in [0.25, 0.3) is 0 Å². The van der Waals surface area contributed by atoms with E-state index < -0.39 is 23.8 Å². The van der Waals surface area contributed by atoms with Crippen molar-refractivity contribution in [1.29, 1.82) is 0 Å². The van der Waals surface area contributed by atoms with Gasteiger partial charge in [-0.1, -0.05) is 19.1 Å². The summed E-state index contributed by atoms with van der Waals surface area (Å²) < 4.78 is 44.8. The number of hydrogen-bond acceptors (Lipinski definition) is 7. The molecule has 0 bridgehead atoms. The van der Waals surface area contributed by atoms with Crippen LogP contribution in [0.2, 0.25) is 0 Å². The molecule has 11 heteroatoms. The molecule has 3 heterocycles. The molecule has 2 saturated heterocycles. The predicted octanol–water partition coefficient (Wildman–Crippen LogP) is 3.24. The van der Waals surface area contributed by atoms with Crippen LogP contribution in [-0.4, -0.2) is 77.9 Å². The topological polar surface area (TPSA) is 90.8 Å². The van der Waals surface area contributed by atoms with Gasteiger partial charge in [-0.05, 0) is 42.9 Å². The van der Waals surface area contributed by atoms with E-state index >= 15 is 0 Å². The van der Waals surface area contributed by atoms with Gasteiger partial charge >= 0.3 is 6.18 Å². The van der Waals surface area contributed by atoms with Crippen LogP contribution in [0.15, 0.2) is 30.6 Å². The van der Waals surface area contributed by atoms with E-state index in [4.69, 9.17) is 4.74 Å². The number of aromatic nitrogens is 2. The highest BCUT2D eigenvalue weighted by Crippen LogP contribution is 2.42. The maximum Gasteiger partial charge on any atom is 0.416 e. The first-order valence-electron chi connectivity index (χ1n) is 13.3. The van der Waals surface area contributed by atoms with E-state index in [9.17, 15) is 23.1 Å². The maximum atomic E-state index is 13.7. The number of piperazine rings is 1. The molecule has 3 aliphatic rings. The zero-order chi connectivity index (χ0) is 26.9. The van der Waals surface area contributed by atoms with Crippen LogP contribution in [0.3, 0.4) is 0 Å². The highest BCUT2D eigenvalue weighted by Gasteiger charge is 2.36. The summed E-state index contributed by atoms with van der Waals surface area (Å²) in [5.74, 6) is 0.272. The summed E-state index contributed by atoms with van der Waals surface area (Å²) in [6.45, 7) is 5.82. The number of amides is 1. The number of rotatable bonds is 6. The van der Waals surface area contributed by atoms with E-state index in [1.807, 2.05) is 0 Å². The molecule has 2 aliphatic heterocycles. The summed E-state index contributed by atoms with van der Waals surface area (Å²) in [5, 5.41) is 13.8. The third-order valence-electron chi connectivity index (χ3n) is 7.94. The van der Waals surface area contributed by atoms with Gasteiger partial charge in [0.15, 0.2) is 0 Å². The first-order valence-corrected chi connectivity index (χ1v) is 13.3. The fourth-order valence-electron chi connectivity index (χ4n) is 5.75. The lowest BCUT2D eigenvalue weighted by Crippen LogP contribution is -2.52. The highest BCUT2D eigenvalue weighted by molar-refractivity contribution is 5.84. The largest absolute Gasteiger partial charge is 0.416 e. The minimum absolute atomic E-state index is 0.0966. The van der Waals surface area contributed by atoms with Crippen molar-refractivity contribution in [2.24, 2.45) is 0 Å². The smallest absolute Gasteiger partial charge is 0.387 e. The summed E-state index contributed by atoms with van der Waals surface area (Å²) in [6.07, 6.45) is -1.24. The lowest BCUT2D eigenvalue weighted by atomic mass is 9.95. The number of carbonyl (C=O) groups excluding carboxylic acids is 1. The average molecular weight is 534 g/mol. The first-order chi connectivity index (χ1) is 18.2. The van der Waals surface area contributed by atoms with Gasteiger partial charge in [0.05, 0.1) is 23.3 Å². The number of hydrogen-bond donors (Lipinski definition) is 2. The molecule has 2 N–H and O–H groups in total. The van der Waals surface area contributed by atoms with Crippen molar-refractivity contribution in [3.63, 3.8) is 0 Å². The van der Waals surface area contributed by atoms with Crippen LogP contribution >= 0.6 is 0 Å². The molecule has 2 aromatic rings. The number of ether oxygens (including phenoxy) is 1. The number of alkyl halides is 3. The van der Waals surface area contributed by atoms with Crippen molar-refractivity contribution in [2.75, 3.05) is 50.8 Å². The summed E-state index contributed by atoms with van der Waals surface area (Å²) in [4.78, 5) is 26.5. The second kappa shape index (κ2) is 11.2. The number of aliphatic hydroxyl groups excluding tert-OH is 1. The number of carbonyl (C=O) groups is 1. The number of benzene rings is 1. The van der Waals surface area contributed by atoms with E-state index in [0.29, 0.717) is 63.6 Å². The van der Waals surface area contributed by atoms with Crippen LogP contribution in [-0.2, 0) is 15.7 Å². The van der Waals surface area contributed by atoms with Gasteiger partial charge in [-0.25, -0.2) is 9.97 Å². The Bertz CT molecular complexity index is 1120. The predicted molar refractivity (Wildman–Crippen MR) is 135 cm³/mol. The number of fused-ring (bicyclic) bond motifs is 1. The molecule has 0 spiro atoms. The SMILES string of the molecule is C[C@@H]1C[C@@H](O)c2ncnc(N3CCN(C(=O)C(CNC4CCOCC4)c4ccc(C(F)(F)F)cc4)CC3)c21. The molecule has 1 amide bonds. The van der Waals surface area contributed by atoms with E-state index in [0.717, 1.165) is 36.4 Å². The van der Waals surface area contributed by atoms with E-state index in [1.165, 1.54) is 18.5 Å². The van der Waals surface area contributed by atoms with Crippen molar-refractivity contribution >= 4 is 11.7 Å². The Morgan fingerprint density at radius 3 is 2.47 bits per heavy atom. The second-order valence-electron chi connectivity index (χ2n) is 10.4. The third-order valence-corrected chi connectivity index (χ3v) is 7.94. The summed E-state index contributed by atoms with van der Waals surface area (Å²) in [6, 6.07) is 5.15. The van der Waals surface area contributed by atoms with Crippen LogP contribution in [0.5, 0.6) is 0 Å². The molecular formula is C27H34F3N5O3. The average Bonchev–Trinajstić information content (AvgIpc) is 3.22. The van der Waals surface area contributed by atoms with Crippen LogP contribution in [0.1, 0.15) is 66.5 Å². The lowest BCUT2D eigenvalue weighted by molar-refractivity contribution is -0.137. The molecule has 3 atom stereocenters. The molecule has 8 nitrogen and oxygen atoms in total. The summed E-state index contributed by atoms with van der Waals surface area (Å²) in [7, 11) is 0. The van der Waals surface area contributed by atoms with Crippen LogP contribution < -0.4 is 10.2 Å². The zero-order valence-electron chi connectivity index (χ0n) is 21.5. The van der Waals surface area contributed by atoms with Gasteiger partial charge in [0.2, 0.25) is 5.91 Å². The zero-order valence-corrected chi connectivity index (χ0v) is 21.5. The number of aliphatic hydroxyl groups is 1. The maximum absolute atomic E-state index is 13.7. The van der Waals surface area contributed by atoms with Crippen LogP contribution in [0.25, 0.3) is 0 Å². The molecule has 1 aliphatic carbocycles. The molecule has 1 aromatic heterocycles. The summed E-state index contributed by atoms with van der Waals surface area (Å²) >= 11 is 0. The third kappa shape index (κ3) is 5.64. The second-order valence-corrected chi connectivity index (χ2v) is 10.4. The molecular weight excluding hydrogens is 499 g/mol. The van der Waals surface area contributed by atoms with Gasteiger partial charge < -0.3 is 25.0 Å². The minimum Gasteiger partial charge on any atom is -0.387 e. The van der Waals surface area contributed by atoms with Crippen molar-refractivity contribution in [1.82, 2.24) is 20.2 Å². The molecule has 0 radical (unpaired) electrons. The Labute approximate surface area is 220 Å². The Balaban J connectivity index is 1.29. The molecule has 2 fully saturated rings. The van der Waals surface area contributed by atoms with Gasteiger partial charge in [-0.15, -0.1) is 0 Å². The first kappa shape index (κ1) is 26.8. The fourth-order valence-corrected chi connectivity index (χ4v) is 5.75. The highest BCUT2D eigenvalue weighted by atomic mass is 19.4. The molecule has 5 rings (SSSR count). The monoisotopic (exact) mass is 533 g/mol. The normalized spacial score (nSPS) is 23.4. The fraction of sp³-hybridized carbons (Fsp3) is 0.593. The minimum atomic E-state index is -4.43. The Morgan fingerprint density at radius 2 is 1.82 bits per heavy atom. The summed E-state index contributed by atoms with van der Waals surface area (Å²) in [5.41, 5.74) is 1.50. The van der Waals surface area contributed by atoms with Gasteiger partial charge in [0.1, 0.15) is 12.1 Å². The van der Waals surface area contributed by atoms with Crippen molar-refractivity contribution in [2.45, 2.75) is 56.3 Å². The lowest BCUT2D eigenvalue weighted by Gasteiger charge is -2.38. The van der Waals surface area contributed by atoms with Crippen LogP contribution in [0.4, 0.5) is 19.0 Å². The van der Waals surface area contributed by atoms with Gasteiger partial charge in [-0.2, -0.15) is 13.2 Å². The van der Waals surface area contributed by atoms with Gasteiger partial charge in [-0.3, -0.25) is 4.79 Å². The quantitative estimate of drug-likeness (QED) is 0.589. The number of halogens is 3. The molecule has 206 valence electrons. The standard InChI is InChI=1S/C27H34F3N5O3/c1-17-14-22(36)24-23(17)25(33-16-32-24)34-8-10-35(11-9-34)26(37)21(15-31-20-6-12-38-13-7-20)18-2-4-19(5-3-18)27(28,29)30/h2-5,16-17,20-22,31,36H,6-15H2,1H3/t17-,21?,22-/m1/s1. The molecule has 0 saturated carbocycles. The number of anilines is 1. The van der Waals surface area contributed by atoms with Crippen molar-refractivity contribution < 1.29 is 27.8 Å². The Hall–Kier alpha value is -2.76. The molecule has 1 aromatic carbocycles. The number of nitrogens with zero attached hydrogens (tertiary/aromatic N) is 4. The van der Waals surface area contributed by atoms with Gasteiger partial charge in [0, 0.05) is 57.5 Å². The number of nitrogens with one attached hydrogen (secondary N) is 1. The molecule has 1 unspecified atom stereocenters. The van der Waals surface area contributed by atoms with E-state index in [2.05, 4.69) is 27.1 Å². The van der Waals surface area contributed by atoms with E-state index in [1.54, 1.807) is 4.90 Å². The van der Waals surface area contributed by atoms with Crippen molar-refractivity contribution in [3.8, 4) is 0 Å².